The van der Waals surface area contributed by atoms with Crippen LogP contribution in [0.4, 0.5) is 10.1 Å². The molecule has 0 heterocycles. The topological polar surface area (TPSA) is 49.4 Å². The summed E-state index contributed by atoms with van der Waals surface area (Å²) < 4.78 is 13.8. The summed E-state index contributed by atoms with van der Waals surface area (Å²) in [7, 11) is 0. The van der Waals surface area contributed by atoms with Gasteiger partial charge >= 0.3 is 0 Å². The number of hydrogen-bond donors (Lipinski definition) is 1. The molecule has 2 rings (SSSR count). The average molecular weight is 379 g/mol. The summed E-state index contributed by atoms with van der Waals surface area (Å²) in [6.45, 7) is 1.58. The maximum atomic E-state index is 12.9. The Kier molecular flexibility index (Phi) is 5.87. The zero-order chi connectivity index (χ0) is 16.8. The molecule has 2 aromatic rings. The van der Waals surface area contributed by atoms with Crippen molar-refractivity contribution in [3.05, 3.63) is 64.4 Å². The molecule has 0 aliphatic heterocycles. The molecule has 0 unspecified atom stereocenters. The van der Waals surface area contributed by atoms with Crippen molar-refractivity contribution in [2.24, 2.45) is 0 Å². The Hall–Kier alpha value is -2.21. The van der Waals surface area contributed by atoms with Gasteiger partial charge in [-0.3, -0.25) is 9.59 Å². The van der Waals surface area contributed by atoms with Gasteiger partial charge in [-0.1, -0.05) is 34.1 Å². The molecular formula is C17H16BrFN2O2. The molecule has 6 heteroatoms. The zero-order valence-corrected chi connectivity index (χ0v) is 14.1. The molecule has 0 bridgehead atoms. The van der Waals surface area contributed by atoms with Gasteiger partial charge in [0.2, 0.25) is 11.8 Å². The molecule has 0 aliphatic carbocycles. The quantitative estimate of drug-likeness (QED) is 0.864. The van der Waals surface area contributed by atoms with E-state index in [1.807, 2.05) is 6.07 Å². The van der Waals surface area contributed by atoms with E-state index in [4.69, 9.17) is 0 Å². The molecule has 4 nitrogen and oxygen atoms in total. The van der Waals surface area contributed by atoms with E-state index in [1.54, 1.807) is 30.3 Å². The van der Waals surface area contributed by atoms with Crippen molar-refractivity contribution in [3.8, 4) is 0 Å². The van der Waals surface area contributed by atoms with Crippen molar-refractivity contribution < 1.29 is 14.0 Å². The van der Waals surface area contributed by atoms with Gasteiger partial charge in [-0.25, -0.2) is 4.39 Å². The van der Waals surface area contributed by atoms with Crippen LogP contribution in [0.1, 0.15) is 12.5 Å². The summed E-state index contributed by atoms with van der Waals surface area (Å²) in [6.07, 6.45) is 0. The average Bonchev–Trinajstić information content (AvgIpc) is 2.48. The molecule has 0 atom stereocenters. The molecule has 2 amide bonds. The van der Waals surface area contributed by atoms with Gasteiger partial charge in [-0.15, -0.1) is 0 Å². The molecule has 0 saturated heterocycles. The molecule has 0 saturated carbocycles. The first kappa shape index (κ1) is 17.1. The molecule has 1 N–H and O–H groups in total. The number of halogens is 2. The maximum absolute atomic E-state index is 12.9. The third kappa shape index (κ3) is 5.49. The third-order valence-corrected chi connectivity index (χ3v) is 3.67. The third-order valence-electron chi connectivity index (χ3n) is 3.17. The van der Waals surface area contributed by atoms with Gasteiger partial charge in [-0.05, 0) is 35.9 Å². The van der Waals surface area contributed by atoms with E-state index in [0.717, 1.165) is 10.0 Å². The molecule has 0 aromatic heterocycles. The predicted molar refractivity (Wildman–Crippen MR) is 90.3 cm³/mol. The zero-order valence-electron chi connectivity index (χ0n) is 12.6. The first-order chi connectivity index (χ1) is 10.9. The van der Waals surface area contributed by atoms with Crippen molar-refractivity contribution >= 4 is 33.4 Å². The Balaban J connectivity index is 1.99. The largest absolute Gasteiger partial charge is 0.329 e. The summed E-state index contributed by atoms with van der Waals surface area (Å²) in [5, 5.41) is 2.74. The summed E-state index contributed by atoms with van der Waals surface area (Å²) in [5.41, 5.74) is 1.41. The van der Waals surface area contributed by atoms with Gasteiger partial charge in [0.25, 0.3) is 0 Å². The van der Waals surface area contributed by atoms with Crippen LogP contribution < -0.4 is 5.32 Å². The Morgan fingerprint density at radius 3 is 2.48 bits per heavy atom. The number of nitrogens with one attached hydrogen (secondary N) is 1. The van der Waals surface area contributed by atoms with E-state index in [-0.39, 0.29) is 30.7 Å². The summed E-state index contributed by atoms with van der Waals surface area (Å²) >= 11 is 3.33. The summed E-state index contributed by atoms with van der Waals surface area (Å²) in [6, 6.07) is 13.0. The van der Waals surface area contributed by atoms with Gasteiger partial charge in [-0.2, -0.15) is 0 Å². The lowest BCUT2D eigenvalue weighted by atomic mass is 10.2. The van der Waals surface area contributed by atoms with Crippen LogP contribution in [-0.4, -0.2) is 23.3 Å². The van der Waals surface area contributed by atoms with Crippen LogP contribution in [0.15, 0.2) is 53.0 Å². The van der Waals surface area contributed by atoms with Gasteiger partial charge in [0.05, 0.1) is 0 Å². The SMILES string of the molecule is CC(=O)N(CC(=O)Nc1cccc(Br)c1)Cc1ccc(F)cc1. The molecule has 0 radical (unpaired) electrons. The van der Waals surface area contributed by atoms with Crippen LogP contribution in [-0.2, 0) is 16.1 Å². The van der Waals surface area contributed by atoms with Gasteiger partial charge in [0.15, 0.2) is 0 Å². The van der Waals surface area contributed by atoms with Gasteiger partial charge in [0.1, 0.15) is 12.4 Å². The lowest BCUT2D eigenvalue weighted by Gasteiger charge is -2.20. The highest BCUT2D eigenvalue weighted by atomic mass is 79.9. The number of rotatable bonds is 5. The van der Waals surface area contributed by atoms with Crippen molar-refractivity contribution in [2.45, 2.75) is 13.5 Å². The van der Waals surface area contributed by atoms with Crippen LogP contribution in [0.5, 0.6) is 0 Å². The molecular weight excluding hydrogens is 363 g/mol. The van der Waals surface area contributed by atoms with Crippen molar-refractivity contribution in [2.75, 3.05) is 11.9 Å². The van der Waals surface area contributed by atoms with E-state index in [2.05, 4.69) is 21.2 Å². The van der Waals surface area contributed by atoms with Crippen LogP contribution in [0, 0.1) is 5.82 Å². The normalized spacial score (nSPS) is 10.2. The molecule has 120 valence electrons. The Morgan fingerprint density at radius 2 is 1.87 bits per heavy atom. The fraction of sp³-hybridized carbons (Fsp3) is 0.176. The Bertz CT molecular complexity index is 704. The van der Waals surface area contributed by atoms with Crippen molar-refractivity contribution in [1.82, 2.24) is 4.90 Å². The van der Waals surface area contributed by atoms with E-state index >= 15 is 0 Å². The van der Waals surface area contributed by atoms with E-state index in [9.17, 15) is 14.0 Å². The smallest absolute Gasteiger partial charge is 0.244 e. The van der Waals surface area contributed by atoms with Crippen LogP contribution in [0.25, 0.3) is 0 Å². The number of amides is 2. The lowest BCUT2D eigenvalue weighted by molar-refractivity contribution is -0.133. The first-order valence-corrected chi connectivity index (χ1v) is 7.79. The monoisotopic (exact) mass is 378 g/mol. The van der Waals surface area contributed by atoms with Crippen molar-refractivity contribution in [3.63, 3.8) is 0 Å². The molecule has 0 spiro atoms. The lowest BCUT2D eigenvalue weighted by Crippen LogP contribution is -2.36. The second-order valence-electron chi connectivity index (χ2n) is 5.06. The molecule has 0 aliphatic rings. The first-order valence-electron chi connectivity index (χ1n) is 6.99. The van der Waals surface area contributed by atoms with Crippen LogP contribution in [0.2, 0.25) is 0 Å². The fourth-order valence-electron chi connectivity index (χ4n) is 2.03. The predicted octanol–water partition coefficient (Wildman–Crippen LogP) is 3.58. The number of hydrogen-bond acceptors (Lipinski definition) is 2. The number of carbonyl (C=O) groups is 2. The second kappa shape index (κ2) is 7.87. The maximum Gasteiger partial charge on any atom is 0.244 e. The second-order valence-corrected chi connectivity index (χ2v) is 5.98. The number of benzene rings is 2. The van der Waals surface area contributed by atoms with E-state index < -0.39 is 0 Å². The summed E-state index contributed by atoms with van der Waals surface area (Å²) in [5.74, 6) is -0.852. The molecule has 0 fully saturated rings. The Labute approximate surface area is 142 Å². The minimum atomic E-state index is -0.337. The van der Waals surface area contributed by atoms with Crippen molar-refractivity contribution in [1.29, 1.82) is 0 Å². The summed E-state index contributed by atoms with van der Waals surface area (Å²) in [4.78, 5) is 25.2. The van der Waals surface area contributed by atoms with E-state index in [0.29, 0.717) is 5.69 Å². The Morgan fingerprint density at radius 1 is 1.17 bits per heavy atom. The van der Waals surface area contributed by atoms with Crippen LogP contribution >= 0.6 is 15.9 Å². The highest BCUT2D eigenvalue weighted by molar-refractivity contribution is 9.10. The minimum absolute atomic E-state index is 0.0702. The van der Waals surface area contributed by atoms with Crippen LogP contribution in [0.3, 0.4) is 0 Å². The number of anilines is 1. The molecule has 2 aromatic carbocycles. The number of nitrogens with zero attached hydrogens (tertiary/aromatic N) is 1. The highest BCUT2D eigenvalue weighted by Gasteiger charge is 2.14. The minimum Gasteiger partial charge on any atom is -0.329 e. The highest BCUT2D eigenvalue weighted by Crippen LogP contribution is 2.15. The standard InChI is InChI=1S/C17H16BrFN2O2/c1-12(22)21(10-13-5-7-15(19)8-6-13)11-17(23)20-16-4-2-3-14(18)9-16/h2-9H,10-11H2,1H3,(H,20,23). The number of carbonyl (C=O) groups excluding carboxylic acids is 2. The van der Waals surface area contributed by atoms with E-state index in [1.165, 1.54) is 24.0 Å². The van der Waals surface area contributed by atoms with Gasteiger partial charge < -0.3 is 10.2 Å². The van der Waals surface area contributed by atoms with Gasteiger partial charge in [0, 0.05) is 23.6 Å². The fourth-order valence-corrected chi connectivity index (χ4v) is 2.43. The molecule has 23 heavy (non-hydrogen) atoms.